The second kappa shape index (κ2) is 6.32. The molecule has 19 heavy (non-hydrogen) atoms. The standard InChI is InChI=1S/C13H16ClFN2O2/c1-19-13(18)12(17-4-2-16-3-5-17)9-6-10(14)8-11(15)7-9/h6-8,12,16H,2-5H2,1H3. The summed E-state index contributed by atoms with van der Waals surface area (Å²) in [7, 11) is 1.33. The fraction of sp³-hybridized carbons (Fsp3) is 0.462. The molecule has 0 amide bonds. The maximum atomic E-state index is 13.5. The van der Waals surface area contributed by atoms with E-state index in [0.717, 1.165) is 13.1 Å². The van der Waals surface area contributed by atoms with Crippen LogP contribution >= 0.6 is 11.6 Å². The van der Waals surface area contributed by atoms with Gasteiger partial charge in [0.05, 0.1) is 7.11 Å². The van der Waals surface area contributed by atoms with E-state index < -0.39 is 17.8 Å². The molecule has 1 saturated heterocycles. The molecule has 0 aliphatic carbocycles. The van der Waals surface area contributed by atoms with E-state index in [1.807, 2.05) is 4.90 Å². The first kappa shape index (κ1) is 14.2. The van der Waals surface area contributed by atoms with Crippen LogP contribution in [0.15, 0.2) is 18.2 Å². The van der Waals surface area contributed by atoms with Crippen molar-refractivity contribution in [2.45, 2.75) is 6.04 Å². The summed E-state index contributed by atoms with van der Waals surface area (Å²) < 4.78 is 18.3. The van der Waals surface area contributed by atoms with Crippen molar-refractivity contribution >= 4 is 17.6 Å². The number of carbonyl (C=O) groups is 1. The Labute approximate surface area is 116 Å². The fourth-order valence-electron chi connectivity index (χ4n) is 2.28. The highest BCUT2D eigenvalue weighted by molar-refractivity contribution is 6.30. The number of nitrogens with zero attached hydrogens (tertiary/aromatic N) is 1. The highest BCUT2D eigenvalue weighted by atomic mass is 35.5. The molecule has 1 heterocycles. The molecule has 0 saturated carbocycles. The lowest BCUT2D eigenvalue weighted by Gasteiger charge is -2.33. The number of benzene rings is 1. The molecule has 1 aliphatic heterocycles. The first-order valence-electron chi connectivity index (χ1n) is 6.10. The molecular formula is C13H16ClFN2O2. The van der Waals surface area contributed by atoms with Crippen LogP contribution < -0.4 is 5.32 Å². The van der Waals surface area contributed by atoms with E-state index in [2.05, 4.69) is 5.32 Å². The van der Waals surface area contributed by atoms with Crippen LogP contribution in [0.2, 0.25) is 5.02 Å². The summed E-state index contributed by atoms with van der Waals surface area (Å²) in [5.74, 6) is -0.852. The molecule has 1 unspecified atom stereocenters. The smallest absolute Gasteiger partial charge is 0.327 e. The van der Waals surface area contributed by atoms with E-state index in [-0.39, 0.29) is 5.02 Å². The van der Waals surface area contributed by atoms with Crippen molar-refractivity contribution in [3.8, 4) is 0 Å². The average Bonchev–Trinajstić information content (AvgIpc) is 2.39. The Morgan fingerprint density at radius 3 is 2.68 bits per heavy atom. The minimum Gasteiger partial charge on any atom is -0.468 e. The van der Waals surface area contributed by atoms with E-state index >= 15 is 0 Å². The lowest BCUT2D eigenvalue weighted by Crippen LogP contribution is -2.47. The van der Waals surface area contributed by atoms with E-state index in [1.165, 1.54) is 19.2 Å². The molecule has 1 aliphatic rings. The lowest BCUT2D eigenvalue weighted by atomic mass is 10.0. The Bertz CT molecular complexity index is 444. The number of hydrogen-bond acceptors (Lipinski definition) is 4. The summed E-state index contributed by atoms with van der Waals surface area (Å²) in [6, 6.07) is 3.54. The van der Waals surface area contributed by atoms with E-state index in [4.69, 9.17) is 16.3 Å². The van der Waals surface area contributed by atoms with Crippen molar-refractivity contribution < 1.29 is 13.9 Å². The largest absolute Gasteiger partial charge is 0.468 e. The third kappa shape index (κ3) is 3.43. The summed E-state index contributed by atoms with van der Waals surface area (Å²) >= 11 is 5.86. The van der Waals surface area contributed by atoms with E-state index in [9.17, 15) is 9.18 Å². The predicted molar refractivity (Wildman–Crippen MR) is 70.6 cm³/mol. The van der Waals surface area contributed by atoms with Crippen LogP contribution in [0, 0.1) is 5.82 Å². The molecule has 6 heteroatoms. The predicted octanol–water partition coefficient (Wildman–Crippen LogP) is 1.60. The van der Waals surface area contributed by atoms with Crippen LogP contribution in [0.3, 0.4) is 0 Å². The molecule has 1 atom stereocenters. The molecule has 1 fully saturated rings. The molecule has 0 bridgehead atoms. The third-order valence-electron chi connectivity index (χ3n) is 3.14. The van der Waals surface area contributed by atoms with Gasteiger partial charge < -0.3 is 10.1 Å². The zero-order valence-corrected chi connectivity index (χ0v) is 11.4. The van der Waals surface area contributed by atoms with Gasteiger partial charge in [-0.15, -0.1) is 0 Å². The van der Waals surface area contributed by atoms with Gasteiger partial charge in [0.25, 0.3) is 0 Å². The highest BCUT2D eigenvalue weighted by Gasteiger charge is 2.30. The molecule has 0 aromatic heterocycles. The van der Waals surface area contributed by atoms with Gasteiger partial charge in [-0.25, -0.2) is 9.18 Å². The van der Waals surface area contributed by atoms with Gasteiger partial charge in [-0.3, -0.25) is 4.90 Å². The second-order valence-electron chi connectivity index (χ2n) is 4.41. The third-order valence-corrected chi connectivity index (χ3v) is 3.36. The lowest BCUT2D eigenvalue weighted by molar-refractivity contribution is -0.147. The fourth-order valence-corrected chi connectivity index (χ4v) is 2.51. The maximum absolute atomic E-state index is 13.5. The van der Waals surface area contributed by atoms with Gasteiger partial charge in [0.1, 0.15) is 11.9 Å². The van der Waals surface area contributed by atoms with Gasteiger partial charge in [0.15, 0.2) is 0 Å². The van der Waals surface area contributed by atoms with Gasteiger partial charge in [-0.1, -0.05) is 11.6 Å². The van der Waals surface area contributed by atoms with Crippen molar-refractivity contribution in [1.82, 2.24) is 10.2 Å². The number of hydrogen-bond donors (Lipinski definition) is 1. The Kier molecular flexibility index (Phi) is 4.74. The van der Waals surface area contributed by atoms with Crippen molar-refractivity contribution in [3.63, 3.8) is 0 Å². The number of carbonyl (C=O) groups excluding carboxylic acids is 1. The number of methoxy groups -OCH3 is 1. The summed E-state index contributed by atoms with van der Waals surface area (Å²) in [5.41, 5.74) is 0.527. The first-order valence-corrected chi connectivity index (χ1v) is 6.48. The van der Waals surface area contributed by atoms with Crippen molar-refractivity contribution in [2.75, 3.05) is 33.3 Å². The van der Waals surface area contributed by atoms with Crippen molar-refractivity contribution in [1.29, 1.82) is 0 Å². The Hall–Kier alpha value is -1.17. The van der Waals surface area contributed by atoms with Crippen LogP contribution in [0.5, 0.6) is 0 Å². The van der Waals surface area contributed by atoms with Gasteiger partial charge in [0.2, 0.25) is 0 Å². The molecule has 104 valence electrons. The van der Waals surface area contributed by atoms with Crippen LogP contribution in [-0.4, -0.2) is 44.2 Å². The topological polar surface area (TPSA) is 41.6 Å². The molecule has 1 aromatic carbocycles. The van der Waals surface area contributed by atoms with E-state index in [0.29, 0.717) is 18.7 Å². The molecule has 2 rings (SSSR count). The SMILES string of the molecule is COC(=O)C(c1cc(F)cc(Cl)c1)N1CCNCC1. The Morgan fingerprint density at radius 1 is 1.42 bits per heavy atom. The number of halogens is 2. The molecule has 1 aromatic rings. The summed E-state index contributed by atoms with van der Waals surface area (Å²) in [4.78, 5) is 14.0. The second-order valence-corrected chi connectivity index (χ2v) is 4.85. The normalized spacial score (nSPS) is 18.1. The van der Waals surface area contributed by atoms with Crippen LogP contribution in [0.1, 0.15) is 11.6 Å². The van der Waals surface area contributed by atoms with Crippen molar-refractivity contribution in [3.05, 3.63) is 34.6 Å². The van der Waals surface area contributed by atoms with Gasteiger partial charge in [0, 0.05) is 31.2 Å². The average molecular weight is 287 g/mol. The molecule has 0 spiro atoms. The number of ether oxygens (including phenoxy) is 1. The monoisotopic (exact) mass is 286 g/mol. The maximum Gasteiger partial charge on any atom is 0.327 e. The Balaban J connectivity index is 2.33. The number of nitrogens with one attached hydrogen (secondary N) is 1. The van der Waals surface area contributed by atoms with Gasteiger partial charge >= 0.3 is 5.97 Å². The number of rotatable bonds is 3. The zero-order chi connectivity index (χ0) is 13.8. The quantitative estimate of drug-likeness (QED) is 0.857. The van der Waals surface area contributed by atoms with Crippen LogP contribution in [0.4, 0.5) is 4.39 Å². The van der Waals surface area contributed by atoms with Crippen LogP contribution in [-0.2, 0) is 9.53 Å². The first-order chi connectivity index (χ1) is 9.11. The van der Waals surface area contributed by atoms with Gasteiger partial charge in [-0.05, 0) is 23.8 Å². The van der Waals surface area contributed by atoms with Gasteiger partial charge in [-0.2, -0.15) is 0 Å². The molecule has 4 nitrogen and oxygen atoms in total. The summed E-state index contributed by atoms with van der Waals surface area (Å²) in [6.45, 7) is 2.98. The zero-order valence-electron chi connectivity index (χ0n) is 10.7. The molecular weight excluding hydrogens is 271 g/mol. The summed E-state index contributed by atoms with van der Waals surface area (Å²) in [6.07, 6.45) is 0. The molecule has 0 radical (unpaired) electrons. The minimum absolute atomic E-state index is 0.277. The summed E-state index contributed by atoms with van der Waals surface area (Å²) in [5, 5.41) is 3.48. The Morgan fingerprint density at radius 2 is 2.11 bits per heavy atom. The van der Waals surface area contributed by atoms with Crippen molar-refractivity contribution in [2.24, 2.45) is 0 Å². The van der Waals surface area contributed by atoms with Crippen LogP contribution in [0.25, 0.3) is 0 Å². The number of piperazine rings is 1. The van der Waals surface area contributed by atoms with E-state index in [1.54, 1.807) is 6.07 Å². The minimum atomic E-state index is -0.611. The molecule has 1 N–H and O–H groups in total. The number of esters is 1. The highest BCUT2D eigenvalue weighted by Crippen LogP contribution is 2.26.